The number of carbonyl (C=O) groups excluding carboxylic acids is 2. The number of hydrogen-bond acceptors (Lipinski definition) is 10. The molecule has 4 aromatic rings. The highest BCUT2D eigenvalue weighted by Crippen LogP contribution is 2.34. The molecule has 0 bridgehead atoms. The lowest BCUT2D eigenvalue weighted by Gasteiger charge is -2.35. The molecule has 2 aromatic carbocycles. The summed E-state index contributed by atoms with van der Waals surface area (Å²) in [6.07, 6.45) is -0.741. The van der Waals surface area contributed by atoms with E-state index in [-0.39, 0.29) is 33.7 Å². The number of anilines is 2. The Morgan fingerprint density at radius 3 is 2.17 bits per heavy atom. The summed E-state index contributed by atoms with van der Waals surface area (Å²) in [6, 6.07) is 11.5. The Morgan fingerprint density at radius 1 is 0.958 bits per heavy atom. The number of carbonyl (C=O) groups is 2. The van der Waals surface area contributed by atoms with E-state index in [0.29, 0.717) is 35.9 Å². The van der Waals surface area contributed by atoms with Gasteiger partial charge in [0.1, 0.15) is 22.8 Å². The number of fused-ring (bicyclic) bond motifs is 1. The van der Waals surface area contributed by atoms with Gasteiger partial charge in [-0.3, -0.25) is 0 Å². The number of halogens is 1. The molecule has 2 aromatic heterocycles. The lowest BCUT2D eigenvalue weighted by molar-refractivity contribution is 0.0429. The van der Waals surface area contributed by atoms with E-state index in [1.807, 2.05) is 18.7 Å². The van der Waals surface area contributed by atoms with Crippen LogP contribution in [0.3, 0.4) is 0 Å². The Hall–Kier alpha value is -4.56. The van der Waals surface area contributed by atoms with Crippen molar-refractivity contribution >= 4 is 44.7 Å². The van der Waals surface area contributed by atoms with Crippen molar-refractivity contribution in [1.29, 1.82) is 0 Å². The second-order valence-corrected chi connectivity index (χ2v) is 15.5. The fraction of sp³-hybridized carbons (Fsp3) is 0.412. The van der Waals surface area contributed by atoms with E-state index in [0.717, 1.165) is 15.6 Å². The Labute approximate surface area is 279 Å². The van der Waals surface area contributed by atoms with E-state index in [9.17, 15) is 18.0 Å². The van der Waals surface area contributed by atoms with Gasteiger partial charge in [0.15, 0.2) is 11.6 Å². The van der Waals surface area contributed by atoms with Crippen molar-refractivity contribution in [3.8, 4) is 11.4 Å². The molecule has 2 amide bonds. The Morgan fingerprint density at radius 2 is 1.58 bits per heavy atom. The second kappa shape index (κ2) is 12.8. The zero-order chi connectivity index (χ0) is 35.2. The molecule has 0 spiro atoms. The number of nitrogens with zero attached hydrogens (tertiary/aromatic N) is 5. The highest BCUT2D eigenvalue weighted by atomic mass is 32.2. The second-order valence-electron chi connectivity index (χ2n) is 13.6. The quantitative estimate of drug-likeness (QED) is 0.225. The predicted molar refractivity (Wildman–Crippen MR) is 179 cm³/mol. The van der Waals surface area contributed by atoms with Crippen molar-refractivity contribution < 1.29 is 36.6 Å². The molecular formula is C34H40FN5O7S. The molecule has 5 rings (SSSR count). The average Bonchev–Trinajstić information content (AvgIpc) is 3.40. The number of ether oxygens (including phenoxy) is 3. The third kappa shape index (κ3) is 7.44. The SMILES string of the molecule is Cc1ccc(S(=O)(=O)n2ccc3c(-c4nc(N(C(=O)OC(C)(C)C)C(=O)OC(C)(C)C)cc(N5CCOC[C@H]5C)n4)cc(F)cc32)cc1. The molecule has 48 heavy (non-hydrogen) atoms. The first-order chi connectivity index (χ1) is 22.3. The molecule has 1 aliphatic rings. The maximum Gasteiger partial charge on any atom is 0.425 e. The van der Waals surface area contributed by atoms with Crippen LogP contribution in [0.15, 0.2) is 59.6 Å². The van der Waals surface area contributed by atoms with Crippen LogP contribution in [0.2, 0.25) is 0 Å². The van der Waals surface area contributed by atoms with Gasteiger partial charge in [-0.05, 0) is 85.7 Å². The van der Waals surface area contributed by atoms with E-state index in [1.165, 1.54) is 36.5 Å². The summed E-state index contributed by atoms with van der Waals surface area (Å²) in [7, 11) is -4.11. The Kier molecular flexibility index (Phi) is 9.28. The predicted octanol–water partition coefficient (Wildman–Crippen LogP) is 6.68. The minimum absolute atomic E-state index is 0.0311. The number of morpholine rings is 1. The first-order valence-corrected chi connectivity index (χ1v) is 16.9. The zero-order valence-corrected chi connectivity index (χ0v) is 29.1. The zero-order valence-electron chi connectivity index (χ0n) is 28.3. The Bertz CT molecular complexity index is 1940. The molecule has 12 nitrogen and oxygen atoms in total. The lowest BCUT2D eigenvalue weighted by atomic mass is 10.1. The van der Waals surface area contributed by atoms with E-state index >= 15 is 4.39 Å². The van der Waals surface area contributed by atoms with Crippen LogP contribution in [0.5, 0.6) is 0 Å². The van der Waals surface area contributed by atoms with Gasteiger partial charge in [-0.15, -0.1) is 0 Å². The number of rotatable bonds is 5. The molecule has 1 atom stereocenters. The van der Waals surface area contributed by atoms with Gasteiger partial charge in [0.25, 0.3) is 10.0 Å². The van der Waals surface area contributed by atoms with Gasteiger partial charge in [0.05, 0.1) is 29.7 Å². The molecule has 0 saturated carbocycles. The van der Waals surface area contributed by atoms with Crippen LogP contribution in [-0.2, 0) is 24.2 Å². The van der Waals surface area contributed by atoms with E-state index in [1.54, 1.807) is 53.7 Å². The summed E-state index contributed by atoms with van der Waals surface area (Å²) < 4.78 is 60.6. The lowest BCUT2D eigenvalue weighted by Crippen LogP contribution is -2.45. The van der Waals surface area contributed by atoms with E-state index in [2.05, 4.69) is 4.98 Å². The Balaban J connectivity index is 1.74. The van der Waals surface area contributed by atoms with Crippen LogP contribution in [0.4, 0.5) is 25.6 Å². The molecule has 14 heteroatoms. The molecule has 0 unspecified atom stereocenters. The molecule has 1 saturated heterocycles. The summed E-state index contributed by atoms with van der Waals surface area (Å²) in [5, 5.41) is 0.325. The van der Waals surface area contributed by atoms with Gasteiger partial charge in [-0.1, -0.05) is 17.7 Å². The number of imide groups is 1. The van der Waals surface area contributed by atoms with Crippen molar-refractivity contribution in [3.63, 3.8) is 0 Å². The van der Waals surface area contributed by atoms with Gasteiger partial charge in [0, 0.05) is 29.8 Å². The third-order valence-corrected chi connectivity index (χ3v) is 9.00. The summed E-state index contributed by atoms with van der Waals surface area (Å²) in [6.45, 7) is 14.9. The molecule has 0 radical (unpaired) electrons. The maximum absolute atomic E-state index is 15.4. The minimum Gasteiger partial charge on any atom is -0.443 e. The summed E-state index contributed by atoms with van der Waals surface area (Å²) >= 11 is 0. The fourth-order valence-corrected chi connectivity index (χ4v) is 6.49. The minimum atomic E-state index is -4.11. The van der Waals surface area contributed by atoms with Gasteiger partial charge < -0.3 is 19.1 Å². The van der Waals surface area contributed by atoms with Crippen molar-refractivity contribution in [1.82, 2.24) is 13.9 Å². The van der Waals surface area contributed by atoms with E-state index in [4.69, 9.17) is 19.2 Å². The number of aromatic nitrogens is 3. The van der Waals surface area contributed by atoms with Crippen LogP contribution >= 0.6 is 0 Å². The largest absolute Gasteiger partial charge is 0.443 e. The number of aryl methyl sites for hydroxylation is 1. The molecule has 256 valence electrons. The topological polar surface area (TPSA) is 133 Å². The van der Waals surface area contributed by atoms with Crippen LogP contribution in [0.25, 0.3) is 22.3 Å². The first-order valence-electron chi connectivity index (χ1n) is 15.5. The molecule has 0 N–H and O–H groups in total. The van der Waals surface area contributed by atoms with Crippen LogP contribution in [0.1, 0.15) is 54.0 Å². The number of benzene rings is 2. The maximum atomic E-state index is 15.4. The molecule has 1 fully saturated rings. The highest BCUT2D eigenvalue weighted by molar-refractivity contribution is 7.90. The third-order valence-electron chi connectivity index (χ3n) is 7.30. The molecular weight excluding hydrogens is 641 g/mol. The van der Waals surface area contributed by atoms with Gasteiger partial charge in [-0.25, -0.2) is 36.3 Å². The van der Waals surface area contributed by atoms with Gasteiger partial charge in [-0.2, -0.15) is 4.90 Å². The summed E-state index contributed by atoms with van der Waals surface area (Å²) in [5.41, 5.74) is -0.879. The fourth-order valence-electron chi connectivity index (χ4n) is 5.15. The van der Waals surface area contributed by atoms with Gasteiger partial charge in [0.2, 0.25) is 0 Å². The van der Waals surface area contributed by atoms with Crippen LogP contribution in [-0.4, -0.2) is 71.5 Å². The average molecular weight is 682 g/mol. The molecule has 1 aliphatic heterocycles. The van der Waals surface area contributed by atoms with E-state index < -0.39 is 39.2 Å². The molecule has 3 heterocycles. The number of hydrogen-bond donors (Lipinski definition) is 0. The summed E-state index contributed by atoms with van der Waals surface area (Å²) in [5.74, 6) is -0.662. The van der Waals surface area contributed by atoms with Crippen LogP contribution < -0.4 is 9.80 Å². The van der Waals surface area contributed by atoms with Crippen molar-refractivity contribution in [3.05, 3.63) is 66.1 Å². The molecule has 0 aliphatic carbocycles. The monoisotopic (exact) mass is 681 g/mol. The van der Waals surface area contributed by atoms with Gasteiger partial charge >= 0.3 is 12.2 Å². The highest BCUT2D eigenvalue weighted by Gasteiger charge is 2.35. The summed E-state index contributed by atoms with van der Waals surface area (Å²) in [4.78, 5) is 39.2. The van der Waals surface area contributed by atoms with Crippen molar-refractivity contribution in [2.24, 2.45) is 0 Å². The van der Waals surface area contributed by atoms with Crippen LogP contribution in [0, 0.1) is 12.7 Å². The normalized spacial score (nSPS) is 15.8. The van der Waals surface area contributed by atoms with Crippen molar-refractivity contribution in [2.45, 2.75) is 77.5 Å². The van der Waals surface area contributed by atoms with Crippen molar-refractivity contribution in [2.75, 3.05) is 29.6 Å². The standard InChI is InChI=1S/C34H40FN5O7S/c1-21-9-11-24(12-10-21)48(43,44)39-14-13-25-26(17-23(35)18-27(25)39)30-36-28(38-15-16-45-20-22(38)2)19-29(37-30)40(31(41)46-33(3,4)5)32(42)47-34(6,7)8/h9-14,17-19,22H,15-16,20H2,1-8H3/t22-/m1/s1. The first kappa shape index (κ1) is 34.8. The smallest absolute Gasteiger partial charge is 0.425 e. The number of amides is 2.